The zero-order valence-electron chi connectivity index (χ0n) is 12.6. The number of hydrogen-bond acceptors (Lipinski definition) is 7. The van der Waals surface area contributed by atoms with E-state index in [2.05, 4.69) is 10.3 Å². The fourth-order valence-corrected chi connectivity index (χ4v) is 2.51. The molecule has 1 aliphatic heterocycles. The standard InChI is InChI=1S/C13H21N3O5/c1-14-9-5-6-16(13(17)15-9)12-11(20-4)10(19-3)8(21-12)7-18-2/h5-6,8,10-12H,7H2,1-4H3,(H,14,15,17). The van der Waals surface area contributed by atoms with Crippen molar-refractivity contribution in [3.05, 3.63) is 22.7 Å². The second-order valence-corrected chi connectivity index (χ2v) is 4.67. The Morgan fingerprint density at radius 3 is 2.57 bits per heavy atom. The Balaban J connectivity index is 2.31. The summed E-state index contributed by atoms with van der Waals surface area (Å²) in [4.78, 5) is 16.0. The van der Waals surface area contributed by atoms with Crippen LogP contribution in [0.4, 0.5) is 5.82 Å². The summed E-state index contributed by atoms with van der Waals surface area (Å²) in [6.07, 6.45) is -0.0394. The highest BCUT2D eigenvalue weighted by molar-refractivity contribution is 5.30. The topological polar surface area (TPSA) is 83.8 Å². The predicted molar refractivity (Wildman–Crippen MR) is 75.4 cm³/mol. The predicted octanol–water partition coefficient (Wildman–Crippen LogP) is -0.141. The maximum Gasteiger partial charge on any atom is 0.351 e. The van der Waals surface area contributed by atoms with Crippen LogP contribution < -0.4 is 11.0 Å². The highest BCUT2D eigenvalue weighted by Crippen LogP contribution is 2.32. The van der Waals surface area contributed by atoms with Crippen LogP contribution in [0.15, 0.2) is 17.1 Å². The lowest BCUT2D eigenvalue weighted by molar-refractivity contribution is -0.0672. The van der Waals surface area contributed by atoms with Gasteiger partial charge in [-0.2, -0.15) is 4.98 Å². The molecule has 21 heavy (non-hydrogen) atoms. The molecular formula is C13H21N3O5. The summed E-state index contributed by atoms with van der Waals surface area (Å²) >= 11 is 0. The van der Waals surface area contributed by atoms with E-state index < -0.39 is 18.0 Å². The van der Waals surface area contributed by atoms with Gasteiger partial charge in [0.15, 0.2) is 6.23 Å². The van der Waals surface area contributed by atoms with Crippen LogP contribution in [0.5, 0.6) is 0 Å². The Hall–Kier alpha value is -1.48. The summed E-state index contributed by atoms with van der Waals surface area (Å²) in [5.74, 6) is 0.500. The van der Waals surface area contributed by atoms with Gasteiger partial charge in [-0.15, -0.1) is 0 Å². The van der Waals surface area contributed by atoms with E-state index >= 15 is 0 Å². The summed E-state index contributed by atoms with van der Waals surface area (Å²) < 4.78 is 23.3. The molecule has 1 aliphatic rings. The highest BCUT2D eigenvalue weighted by atomic mass is 16.6. The van der Waals surface area contributed by atoms with Crippen LogP contribution in [-0.4, -0.2) is 62.8 Å². The summed E-state index contributed by atoms with van der Waals surface area (Å²) in [7, 11) is 6.42. The van der Waals surface area contributed by atoms with Crippen LogP contribution in [0.2, 0.25) is 0 Å². The molecule has 0 spiro atoms. The first-order chi connectivity index (χ1) is 10.2. The lowest BCUT2D eigenvalue weighted by Crippen LogP contribution is -2.38. The first kappa shape index (κ1) is 15.9. The van der Waals surface area contributed by atoms with Crippen molar-refractivity contribution in [2.24, 2.45) is 0 Å². The molecule has 0 saturated carbocycles. The number of aromatic nitrogens is 2. The lowest BCUT2D eigenvalue weighted by Gasteiger charge is -2.22. The van der Waals surface area contributed by atoms with Crippen molar-refractivity contribution in [2.75, 3.05) is 40.3 Å². The van der Waals surface area contributed by atoms with Crippen molar-refractivity contribution in [3.8, 4) is 0 Å². The summed E-state index contributed by atoms with van der Waals surface area (Å²) in [5.41, 5.74) is -0.415. The summed E-state index contributed by atoms with van der Waals surface area (Å²) in [6, 6.07) is 1.70. The van der Waals surface area contributed by atoms with Gasteiger partial charge >= 0.3 is 5.69 Å². The van der Waals surface area contributed by atoms with Gasteiger partial charge in [-0.05, 0) is 6.07 Å². The third-order valence-corrected chi connectivity index (χ3v) is 3.52. The van der Waals surface area contributed by atoms with E-state index in [0.29, 0.717) is 12.4 Å². The Labute approximate surface area is 123 Å². The van der Waals surface area contributed by atoms with Gasteiger partial charge in [0, 0.05) is 34.6 Å². The van der Waals surface area contributed by atoms with Crippen LogP contribution in [0.1, 0.15) is 6.23 Å². The minimum Gasteiger partial charge on any atom is -0.382 e. The monoisotopic (exact) mass is 299 g/mol. The van der Waals surface area contributed by atoms with Crippen molar-refractivity contribution in [2.45, 2.75) is 24.5 Å². The molecule has 0 bridgehead atoms. The molecule has 1 aromatic heterocycles. The molecule has 0 amide bonds. The number of methoxy groups -OCH3 is 3. The molecule has 8 nitrogen and oxygen atoms in total. The number of ether oxygens (including phenoxy) is 4. The quantitative estimate of drug-likeness (QED) is 0.782. The smallest absolute Gasteiger partial charge is 0.351 e. The zero-order chi connectivity index (χ0) is 15.4. The molecule has 0 aliphatic carbocycles. The highest BCUT2D eigenvalue weighted by Gasteiger charge is 2.46. The van der Waals surface area contributed by atoms with Gasteiger partial charge in [0.1, 0.15) is 24.1 Å². The van der Waals surface area contributed by atoms with Gasteiger partial charge in [0.05, 0.1) is 6.61 Å². The van der Waals surface area contributed by atoms with Gasteiger partial charge < -0.3 is 24.3 Å². The van der Waals surface area contributed by atoms with Crippen molar-refractivity contribution < 1.29 is 18.9 Å². The third kappa shape index (κ3) is 3.08. The van der Waals surface area contributed by atoms with Gasteiger partial charge in [0.25, 0.3) is 0 Å². The molecule has 2 heterocycles. The van der Waals surface area contributed by atoms with Crippen LogP contribution >= 0.6 is 0 Å². The molecular weight excluding hydrogens is 278 g/mol. The Morgan fingerprint density at radius 2 is 2.05 bits per heavy atom. The average Bonchev–Trinajstić information content (AvgIpc) is 2.84. The molecule has 1 N–H and O–H groups in total. The molecule has 1 aromatic rings. The van der Waals surface area contributed by atoms with Gasteiger partial charge in [-0.3, -0.25) is 4.57 Å². The first-order valence-electron chi connectivity index (χ1n) is 6.63. The van der Waals surface area contributed by atoms with E-state index in [1.54, 1.807) is 40.6 Å². The zero-order valence-corrected chi connectivity index (χ0v) is 12.6. The minimum absolute atomic E-state index is 0.314. The number of nitrogens with zero attached hydrogens (tertiary/aromatic N) is 2. The van der Waals surface area contributed by atoms with Gasteiger partial charge in [-0.25, -0.2) is 4.79 Å². The van der Waals surface area contributed by atoms with Gasteiger partial charge in [0.2, 0.25) is 0 Å². The number of rotatable bonds is 6. The SMILES string of the molecule is CNc1ccn(C2OC(COC)C(OC)C2OC)c(=O)n1. The maximum absolute atomic E-state index is 12.1. The largest absolute Gasteiger partial charge is 0.382 e. The van der Waals surface area contributed by atoms with Crippen LogP contribution in [0, 0.1) is 0 Å². The average molecular weight is 299 g/mol. The van der Waals surface area contributed by atoms with Crippen molar-refractivity contribution in [1.82, 2.24) is 9.55 Å². The molecule has 0 radical (unpaired) electrons. The van der Waals surface area contributed by atoms with E-state index in [1.165, 1.54) is 4.57 Å². The Bertz CT molecular complexity index is 521. The Morgan fingerprint density at radius 1 is 1.33 bits per heavy atom. The van der Waals surface area contributed by atoms with Crippen molar-refractivity contribution in [1.29, 1.82) is 0 Å². The molecule has 1 saturated heterocycles. The first-order valence-corrected chi connectivity index (χ1v) is 6.63. The van der Waals surface area contributed by atoms with Gasteiger partial charge in [-0.1, -0.05) is 0 Å². The second-order valence-electron chi connectivity index (χ2n) is 4.67. The summed E-state index contributed by atoms with van der Waals surface area (Å²) in [5, 5.41) is 2.82. The van der Waals surface area contributed by atoms with Crippen molar-refractivity contribution >= 4 is 5.82 Å². The molecule has 1 fully saturated rings. The number of anilines is 1. The Kier molecular flexibility index (Phi) is 5.29. The molecule has 4 unspecified atom stereocenters. The van der Waals surface area contributed by atoms with Crippen LogP contribution in [0.25, 0.3) is 0 Å². The molecule has 0 aromatic carbocycles. The molecule has 8 heteroatoms. The normalized spacial score (nSPS) is 28.8. The third-order valence-electron chi connectivity index (χ3n) is 3.52. The number of nitrogens with one attached hydrogen (secondary N) is 1. The van der Waals surface area contributed by atoms with Crippen molar-refractivity contribution in [3.63, 3.8) is 0 Å². The van der Waals surface area contributed by atoms with E-state index in [-0.39, 0.29) is 12.2 Å². The maximum atomic E-state index is 12.1. The summed E-state index contributed by atoms with van der Waals surface area (Å²) in [6.45, 7) is 0.353. The van der Waals surface area contributed by atoms with E-state index in [0.717, 1.165) is 0 Å². The van der Waals surface area contributed by atoms with E-state index in [9.17, 15) is 4.79 Å². The number of hydrogen-bond donors (Lipinski definition) is 1. The van der Waals surface area contributed by atoms with E-state index in [4.69, 9.17) is 18.9 Å². The lowest BCUT2D eigenvalue weighted by atomic mass is 10.1. The fraction of sp³-hybridized carbons (Fsp3) is 0.692. The molecule has 4 atom stereocenters. The second kappa shape index (κ2) is 6.99. The van der Waals surface area contributed by atoms with E-state index in [1.807, 2.05) is 0 Å². The fourth-order valence-electron chi connectivity index (χ4n) is 2.51. The van der Waals surface area contributed by atoms with Crippen LogP contribution in [-0.2, 0) is 18.9 Å². The molecule has 2 rings (SSSR count). The minimum atomic E-state index is -0.606. The molecule has 118 valence electrons. The van der Waals surface area contributed by atoms with Crippen LogP contribution in [0.3, 0.4) is 0 Å².